The number of carbonyl (C=O) groups excluding carboxylic acids is 2. The Morgan fingerprint density at radius 1 is 1.19 bits per heavy atom. The summed E-state index contributed by atoms with van der Waals surface area (Å²) in [5.41, 5.74) is 3.41. The number of hydrogen-bond acceptors (Lipinski definition) is 4. The van der Waals surface area contributed by atoms with E-state index in [1.54, 1.807) is 53.0 Å². The van der Waals surface area contributed by atoms with Crippen molar-refractivity contribution in [1.82, 2.24) is 19.7 Å². The van der Waals surface area contributed by atoms with Crippen molar-refractivity contribution in [3.05, 3.63) is 66.8 Å². The lowest BCUT2D eigenvalue weighted by Gasteiger charge is -2.08. The lowest BCUT2D eigenvalue weighted by Crippen LogP contribution is -2.33. The van der Waals surface area contributed by atoms with Gasteiger partial charge in [0, 0.05) is 37.3 Å². The third-order valence-corrected chi connectivity index (χ3v) is 4.23. The quantitative estimate of drug-likeness (QED) is 0.569. The fourth-order valence-electron chi connectivity index (χ4n) is 2.84. The maximum atomic E-state index is 12.3. The van der Waals surface area contributed by atoms with Gasteiger partial charge in [-0.05, 0) is 30.3 Å². The van der Waals surface area contributed by atoms with E-state index in [2.05, 4.69) is 15.7 Å². The second-order valence-electron chi connectivity index (χ2n) is 5.99. The second kappa shape index (κ2) is 6.83. The van der Waals surface area contributed by atoms with Crippen LogP contribution in [0.25, 0.3) is 16.8 Å². The van der Waals surface area contributed by atoms with Crippen molar-refractivity contribution in [2.75, 3.05) is 11.9 Å². The number of furan rings is 1. The third-order valence-electron chi connectivity index (χ3n) is 4.23. The largest absolute Gasteiger partial charge is 0.463 e. The van der Waals surface area contributed by atoms with Gasteiger partial charge in [0.25, 0.3) is 5.91 Å². The first-order chi connectivity index (χ1) is 13.1. The SMILES string of the molecule is Cn1c(C(=O)NCC(=O)Nc2ccc(-n3cccn3)cc2)cc2occc21. The third kappa shape index (κ3) is 3.32. The number of nitrogens with one attached hydrogen (secondary N) is 2. The molecule has 4 aromatic rings. The van der Waals surface area contributed by atoms with Crippen LogP contribution in [0.15, 0.2) is 65.5 Å². The Labute approximate surface area is 154 Å². The fourth-order valence-corrected chi connectivity index (χ4v) is 2.84. The van der Waals surface area contributed by atoms with E-state index < -0.39 is 0 Å². The van der Waals surface area contributed by atoms with Crippen LogP contribution in [0.5, 0.6) is 0 Å². The minimum Gasteiger partial charge on any atom is -0.463 e. The molecule has 2 amide bonds. The Hall–Kier alpha value is -3.81. The molecule has 0 fully saturated rings. The highest BCUT2D eigenvalue weighted by atomic mass is 16.3. The summed E-state index contributed by atoms with van der Waals surface area (Å²) in [5.74, 6) is -0.652. The minimum absolute atomic E-state index is 0.133. The van der Waals surface area contributed by atoms with Crippen molar-refractivity contribution in [2.24, 2.45) is 7.05 Å². The number of aryl methyl sites for hydroxylation is 1. The zero-order valence-electron chi connectivity index (χ0n) is 14.5. The topological polar surface area (TPSA) is 94.1 Å². The molecule has 0 aliphatic heterocycles. The fraction of sp³-hybridized carbons (Fsp3) is 0.105. The molecule has 2 N–H and O–H groups in total. The Kier molecular flexibility index (Phi) is 4.21. The Morgan fingerprint density at radius 3 is 2.70 bits per heavy atom. The van der Waals surface area contributed by atoms with E-state index in [1.807, 2.05) is 24.4 Å². The molecule has 0 saturated heterocycles. The van der Waals surface area contributed by atoms with Crippen LogP contribution in [0.1, 0.15) is 10.5 Å². The van der Waals surface area contributed by atoms with Gasteiger partial charge in [-0.2, -0.15) is 5.10 Å². The van der Waals surface area contributed by atoms with Gasteiger partial charge < -0.3 is 19.6 Å². The van der Waals surface area contributed by atoms with Crippen molar-refractivity contribution >= 4 is 28.6 Å². The van der Waals surface area contributed by atoms with Gasteiger partial charge in [0.05, 0.1) is 24.0 Å². The Bertz CT molecular complexity index is 1090. The van der Waals surface area contributed by atoms with Crippen LogP contribution in [-0.4, -0.2) is 32.7 Å². The molecular formula is C19H17N5O3. The van der Waals surface area contributed by atoms with Gasteiger partial charge in [0.15, 0.2) is 5.58 Å². The molecule has 27 heavy (non-hydrogen) atoms. The monoisotopic (exact) mass is 363 g/mol. The molecule has 0 unspecified atom stereocenters. The second-order valence-corrected chi connectivity index (χ2v) is 5.99. The standard InChI is InChI=1S/C19H17N5O3/c1-23-15-7-10-27-17(15)11-16(23)19(26)20-12-18(25)22-13-3-5-14(6-4-13)24-9-2-8-21-24/h2-11H,12H2,1H3,(H,20,26)(H,22,25). The highest BCUT2D eigenvalue weighted by Crippen LogP contribution is 2.19. The Balaban J connectivity index is 1.34. The molecule has 0 atom stereocenters. The van der Waals surface area contributed by atoms with Gasteiger partial charge in [0.1, 0.15) is 5.69 Å². The number of rotatable bonds is 5. The molecular weight excluding hydrogens is 346 g/mol. The number of nitrogens with zero attached hydrogens (tertiary/aromatic N) is 3. The number of fused-ring (bicyclic) bond motifs is 1. The van der Waals surface area contributed by atoms with Crippen molar-refractivity contribution in [3.8, 4) is 5.69 Å². The van der Waals surface area contributed by atoms with Crippen LogP contribution in [0.2, 0.25) is 0 Å². The molecule has 136 valence electrons. The van der Waals surface area contributed by atoms with E-state index in [9.17, 15) is 9.59 Å². The van der Waals surface area contributed by atoms with Crippen molar-refractivity contribution in [1.29, 1.82) is 0 Å². The van der Waals surface area contributed by atoms with E-state index in [1.165, 1.54) is 0 Å². The molecule has 3 aromatic heterocycles. The van der Waals surface area contributed by atoms with Crippen molar-refractivity contribution in [3.63, 3.8) is 0 Å². The molecule has 0 saturated carbocycles. The zero-order chi connectivity index (χ0) is 18.8. The average molecular weight is 363 g/mol. The summed E-state index contributed by atoms with van der Waals surface area (Å²) in [4.78, 5) is 24.4. The smallest absolute Gasteiger partial charge is 0.268 e. The summed E-state index contributed by atoms with van der Waals surface area (Å²) in [6, 6.07) is 12.5. The van der Waals surface area contributed by atoms with Gasteiger partial charge in [-0.1, -0.05) is 0 Å². The molecule has 0 aliphatic rings. The first kappa shape index (κ1) is 16.6. The first-order valence-corrected chi connectivity index (χ1v) is 8.33. The predicted octanol–water partition coefficient (Wildman–Crippen LogP) is 2.33. The van der Waals surface area contributed by atoms with Crippen molar-refractivity contribution < 1.29 is 14.0 Å². The highest BCUT2D eigenvalue weighted by molar-refractivity contribution is 6.00. The molecule has 0 aliphatic carbocycles. The van der Waals surface area contributed by atoms with E-state index in [0.29, 0.717) is 17.0 Å². The van der Waals surface area contributed by atoms with Crippen molar-refractivity contribution in [2.45, 2.75) is 0 Å². The highest BCUT2D eigenvalue weighted by Gasteiger charge is 2.15. The van der Waals surface area contributed by atoms with Crippen LogP contribution in [0, 0.1) is 0 Å². The van der Waals surface area contributed by atoms with Crippen LogP contribution in [0.4, 0.5) is 5.69 Å². The average Bonchev–Trinajstić information content (AvgIpc) is 3.40. The summed E-state index contributed by atoms with van der Waals surface area (Å²) < 4.78 is 8.73. The number of amides is 2. The van der Waals surface area contributed by atoms with Crippen LogP contribution >= 0.6 is 0 Å². The minimum atomic E-state index is -0.340. The van der Waals surface area contributed by atoms with Gasteiger partial charge in [0.2, 0.25) is 5.91 Å². The first-order valence-electron chi connectivity index (χ1n) is 8.33. The van der Waals surface area contributed by atoms with E-state index >= 15 is 0 Å². The Morgan fingerprint density at radius 2 is 2.00 bits per heavy atom. The number of benzene rings is 1. The summed E-state index contributed by atoms with van der Waals surface area (Å²) >= 11 is 0. The maximum absolute atomic E-state index is 12.3. The molecule has 3 heterocycles. The normalized spacial score (nSPS) is 10.9. The molecule has 0 spiro atoms. The van der Waals surface area contributed by atoms with E-state index in [4.69, 9.17) is 4.42 Å². The molecule has 4 rings (SSSR count). The summed E-state index contributed by atoms with van der Waals surface area (Å²) in [6.07, 6.45) is 5.10. The van der Waals surface area contributed by atoms with Gasteiger partial charge in [-0.15, -0.1) is 0 Å². The number of hydrogen-bond donors (Lipinski definition) is 2. The van der Waals surface area contributed by atoms with Gasteiger partial charge in [-0.3, -0.25) is 9.59 Å². The van der Waals surface area contributed by atoms with E-state index in [0.717, 1.165) is 11.2 Å². The summed E-state index contributed by atoms with van der Waals surface area (Å²) in [6.45, 7) is -0.133. The lowest BCUT2D eigenvalue weighted by atomic mass is 10.3. The van der Waals surface area contributed by atoms with Gasteiger partial charge >= 0.3 is 0 Å². The van der Waals surface area contributed by atoms with Crippen LogP contribution < -0.4 is 10.6 Å². The van der Waals surface area contributed by atoms with Gasteiger partial charge in [-0.25, -0.2) is 4.68 Å². The number of anilines is 1. The zero-order valence-corrected chi connectivity index (χ0v) is 14.5. The molecule has 1 aromatic carbocycles. The van der Waals surface area contributed by atoms with E-state index in [-0.39, 0.29) is 18.4 Å². The molecule has 0 bridgehead atoms. The summed E-state index contributed by atoms with van der Waals surface area (Å²) in [7, 11) is 1.77. The summed E-state index contributed by atoms with van der Waals surface area (Å²) in [5, 5.41) is 9.51. The number of carbonyl (C=O) groups is 2. The number of aromatic nitrogens is 3. The predicted molar refractivity (Wildman–Crippen MR) is 99.7 cm³/mol. The maximum Gasteiger partial charge on any atom is 0.268 e. The molecule has 0 radical (unpaired) electrons. The molecule has 8 nitrogen and oxygen atoms in total. The van der Waals surface area contributed by atoms with Crippen LogP contribution in [0.3, 0.4) is 0 Å². The van der Waals surface area contributed by atoms with Crippen LogP contribution in [-0.2, 0) is 11.8 Å². The lowest BCUT2D eigenvalue weighted by molar-refractivity contribution is -0.115. The molecule has 8 heteroatoms.